The second-order valence-corrected chi connectivity index (χ2v) is 9.28. The van der Waals surface area contributed by atoms with Crippen molar-refractivity contribution >= 4 is 10.0 Å². The van der Waals surface area contributed by atoms with Crippen molar-refractivity contribution in [3.63, 3.8) is 0 Å². The zero-order valence-electron chi connectivity index (χ0n) is 15.8. The number of sulfonamides is 1. The van der Waals surface area contributed by atoms with E-state index in [0.717, 1.165) is 12.0 Å². The number of nitrogens with one attached hydrogen (secondary N) is 1. The first-order valence-electron chi connectivity index (χ1n) is 8.88. The van der Waals surface area contributed by atoms with Crippen molar-refractivity contribution in [1.29, 1.82) is 0 Å². The lowest BCUT2D eigenvalue weighted by atomic mass is 9.93. The van der Waals surface area contributed by atoms with Crippen molar-refractivity contribution in [2.45, 2.75) is 32.2 Å². The summed E-state index contributed by atoms with van der Waals surface area (Å²) >= 11 is 0. The number of rotatable bonds is 6. The Bertz CT molecular complexity index is 989. The molecule has 1 N–H and O–H groups in total. The molecule has 142 valence electrons. The van der Waals surface area contributed by atoms with Crippen molar-refractivity contribution < 1.29 is 12.8 Å². The van der Waals surface area contributed by atoms with Gasteiger partial charge in [0.25, 0.3) is 10.0 Å². The summed E-state index contributed by atoms with van der Waals surface area (Å²) in [6.07, 6.45) is 0.719. The second kappa shape index (κ2) is 7.66. The zero-order chi connectivity index (χ0) is 19.5. The molecule has 3 rings (SSSR count). The highest BCUT2D eigenvalue weighted by Crippen LogP contribution is 2.32. The molecule has 3 aromatic rings. The molecule has 0 amide bonds. The Morgan fingerprint density at radius 1 is 0.926 bits per heavy atom. The molecule has 0 fully saturated rings. The van der Waals surface area contributed by atoms with Gasteiger partial charge in [-0.2, -0.15) is 4.98 Å². The third-order valence-electron chi connectivity index (χ3n) is 4.07. The molecule has 0 aliphatic carbocycles. The summed E-state index contributed by atoms with van der Waals surface area (Å²) in [6.45, 7) is 6.55. The van der Waals surface area contributed by atoms with Gasteiger partial charge in [0.05, 0.1) is 0 Å². The number of nitrogens with zero attached hydrogens (tertiary/aromatic N) is 1. The van der Waals surface area contributed by atoms with Gasteiger partial charge < -0.3 is 4.42 Å². The molecule has 2 aromatic carbocycles. The van der Waals surface area contributed by atoms with Crippen LogP contribution in [0.1, 0.15) is 27.2 Å². The number of aromatic nitrogens is 1. The summed E-state index contributed by atoms with van der Waals surface area (Å²) in [5.41, 5.74) is 1.43. The molecule has 0 bridgehead atoms. The summed E-state index contributed by atoms with van der Waals surface area (Å²) in [6, 6.07) is 18.4. The van der Waals surface area contributed by atoms with Crippen molar-refractivity contribution in [3.05, 3.63) is 60.7 Å². The molecule has 0 aliphatic rings. The van der Waals surface area contributed by atoms with E-state index in [1.165, 1.54) is 0 Å². The highest BCUT2D eigenvalue weighted by molar-refractivity contribution is 7.89. The second-order valence-electron chi connectivity index (χ2n) is 7.59. The number of oxazole rings is 1. The lowest BCUT2D eigenvalue weighted by Gasteiger charge is -2.17. The van der Waals surface area contributed by atoms with E-state index in [0.29, 0.717) is 12.1 Å². The van der Waals surface area contributed by atoms with E-state index in [1.807, 2.05) is 60.7 Å². The molecule has 0 saturated carbocycles. The Morgan fingerprint density at radius 3 is 2.04 bits per heavy atom. The molecule has 1 heterocycles. The van der Waals surface area contributed by atoms with Crippen LogP contribution in [0.4, 0.5) is 0 Å². The van der Waals surface area contributed by atoms with Gasteiger partial charge in [-0.1, -0.05) is 69.3 Å². The van der Waals surface area contributed by atoms with Crippen LogP contribution in [-0.4, -0.2) is 19.9 Å². The van der Waals surface area contributed by atoms with Crippen LogP contribution >= 0.6 is 0 Å². The predicted molar refractivity (Wildman–Crippen MR) is 107 cm³/mol. The first-order valence-corrected chi connectivity index (χ1v) is 10.4. The third kappa shape index (κ3) is 4.84. The Kier molecular flexibility index (Phi) is 5.48. The van der Waals surface area contributed by atoms with E-state index in [4.69, 9.17) is 4.42 Å². The van der Waals surface area contributed by atoms with Gasteiger partial charge in [-0.25, -0.2) is 13.1 Å². The number of benzene rings is 2. The minimum Gasteiger partial charge on any atom is -0.435 e. The Balaban J connectivity index is 2.01. The van der Waals surface area contributed by atoms with Crippen LogP contribution in [0, 0.1) is 5.41 Å². The highest BCUT2D eigenvalue weighted by atomic mass is 32.2. The van der Waals surface area contributed by atoms with Crippen molar-refractivity contribution in [1.82, 2.24) is 9.71 Å². The third-order valence-corrected chi connectivity index (χ3v) is 5.44. The summed E-state index contributed by atoms with van der Waals surface area (Å²) in [5, 5.41) is -0.0820. The molecule has 27 heavy (non-hydrogen) atoms. The lowest BCUT2D eigenvalue weighted by Crippen LogP contribution is -2.28. The SMILES string of the molecule is CC(C)(C)CCNS(=O)(=O)c1nc(-c2ccccc2)oc1-c1ccccc1. The predicted octanol–water partition coefficient (Wildman–Crippen LogP) is 4.72. The van der Waals surface area contributed by atoms with Crippen molar-refractivity contribution in [2.24, 2.45) is 5.41 Å². The molecular formula is C21H24N2O3S. The first-order chi connectivity index (χ1) is 12.8. The van der Waals surface area contributed by atoms with Crippen LogP contribution < -0.4 is 4.72 Å². The largest absolute Gasteiger partial charge is 0.435 e. The number of hydrogen-bond donors (Lipinski definition) is 1. The molecule has 0 saturated heterocycles. The summed E-state index contributed by atoms with van der Waals surface area (Å²) in [5.74, 6) is 0.531. The van der Waals surface area contributed by atoms with E-state index in [2.05, 4.69) is 30.5 Å². The molecule has 1 aromatic heterocycles. The van der Waals surface area contributed by atoms with E-state index >= 15 is 0 Å². The van der Waals surface area contributed by atoms with Gasteiger partial charge in [0, 0.05) is 17.7 Å². The average molecular weight is 385 g/mol. The van der Waals surface area contributed by atoms with Gasteiger partial charge in [0.15, 0.2) is 5.76 Å². The minimum atomic E-state index is -3.80. The van der Waals surface area contributed by atoms with E-state index < -0.39 is 10.0 Å². The molecule has 0 radical (unpaired) electrons. The summed E-state index contributed by atoms with van der Waals surface area (Å²) < 4.78 is 34.4. The maximum absolute atomic E-state index is 12.9. The van der Waals surface area contributed by atoms with Gasteiger partial charge >= 0.3 is 0 Å². The van der Waals surface area contributed by atoms with Crippen molar-refractivity contribution in [3.8, 4) is 22.8 Å². The molecule has 5 nitrogen and oxygen atoms in total. The Morgan fingerprint density at radius 2 is 1.48 bits per heavy atom. The van der Waals surface area contributed by atoms with Crippen molar-refractivity contribution in [2.75, 3.05) is 6.54 Å². The summed E-state index contributed by atoms with van der Waals surface area (Å²) in [7, 11) is -3.80. The molecule has 0 unspecified atom stereocenters. The molecule has 6 heteroatoms. The van der Waals surface area contributed by atoms with Crippen LogP contribution in [0.3, 0.4) is 0 Å². The zero-order valence-corrected chi connectivity index (χ0v) is 16.6. The van der Waals surface area contributed by atoms with Gasteiger partial charge in [-0.05, 0) is 24.0 Å². The fourth-order valence-corrected chi connectivity index (χ4v) is 3.71. The average Bonchev–Trinajstić information content (AvgIpc) is 3.08. The quantitative estimate of drug-likeness (QED) is 0.667. The topological polar surface area (TPSA) is 72.2 Å². The smallest absolute Gasteiger partial charge is 0.262 e. The number of hydrogen-bond acceptors (Lipinski definition) is 4. The normalized spacial score (nSPS) is 12.3. The van der Waals surface area contributed by atoms with E-state index in [-0.39, 0.29) is 22.1 Å². The maximum Gasteiger partial charge on any atom is 0.262 e. The monoisotopic (exact) mass is 384 g/mol. The van der Waals surface area contributed by atoms with E-state index in [1.54, 1.807) is 0 Å². The molecule has 0 spiro atoms. The van der Waals surface area contributed by atoms with Crippen LogP contribution in [0.25, 0.3) is 22.8 Å². The van der Waals surface area contributed by atoms with Crippen LogP contribution in [-0.2, 0) is 10.0 Å². The molecular weight excluding hydrogens is 360 g/mol. The van der Waals surface area contributed by atoms with E-state index in [9.17, 15) is 8.42 Å². The Labute approximate surface area is 160 Å². The van der Waals surface area contributed by atoms with Gasteiger partial charge in [0.2, 0.25) is 10.9 Å². The van der Waals surface area contributed by atoms with Gasteiger partial charge in [-0.3, -0.25) is 0 Å². The van der Waals surface area contributed by atoms with Crippen LogP contribution in [0.2, 0.25) is 0 Å². The highest BCUT2D eigenvalue weighted by Gasteiger charge is 2.27. The van der Waals surface area contributed by atoms with Crippen LogP contribution in [0.5, 0.6) is 0 Å². The minimum absolute atomic E-state index is 0.0316. The van der Waals surface area contributed by atoms with Crippen LogP contribution in [0.15, 0.2) is 70.1 Å². The standard InChI is InChI=1S/C21H24N2O3S/c1-21(2,3)14-15-22-27(24,25)20-18(16-10-6-4-7-11-16)26-19(23-20)17-12-8-5-9-13-17/h4-13,22H,14-15H2,1-3H3. The van der Waals surface area contributed by atoms with Gasteiger partial charge in [0.1, 0.15) is 0 Å². The maximum atomic E-state index is 12.9. The fraction of sp³-hybridized carbons (Fsp3) is 0.286. The first kappa shape index (κ1) is 19.3. The fourth-order valence-electron chi connectivity index (χ4n) is 2.59. The van der Waals surface area contributed by atoms with Gasteiger partial charge in [-0.15, -0.1) is 0 Å². The molecule has 0 atom stereocenters. The lowest BCUT2D eigenvalue weighted by molar-refractivity contribution is 0.378. The Hall–Kier alpha value is -2.44. The molecule has 0 aliphatic heterocycles. The summed E-state index contributed by atoms with van der Waals surface area (Å²) in [4.78, 5) is 4.33.